The molecular weight excluding hydrogens is 432 g/mol. The third-order valence-corrected chi connectivity index (χ3v) is 5.62. The van der Waals surface area contributed by atoms with Crippen molar-refractivity contribution in [2.75, 3.05) is 31.6 Å². The zero-order valence-corrected chi connectivity index (χ0v) is 19.6. The minimum absolute atomic E-state index is 0. The van der Waals surface area contributed by atoms with E-state index in [0.29, 0.717) is 17.7 Å². The molecular formula is C24H35ClN2O5. The van der Waals surface area contributed by atoms with Crippen LogP contribution >= 0.6 is 12.4 Å². The number of likely N-dealkylation sites (tertiary alicyclic amines) is 1. The number of esters is 1. The Morgan fingerprint density at radius 3 is 2.19 bits per heavy atom. The Balaban J connectivity index is 0.00000320. The Labute approximate surface area is 196 Å². The highest BCUT2D eigenvalue weighted by Crippen LogP contribution is 2.28. The van der Waals surface area contributed by atoms with E-state index in [9.17, 15) is 9.59 Å². The van der Waals surface area contributed by atoms with E-state index < -0.39 is 5.97 Å². The van der Waals surface area contributed by atoms with Crippen molar-refractivity contribution in [1.29, 1.82) is 0 Å². The highest BCUT2D eigenvalue weighted by Gasteiger charge is 2.30. The van der Waals surface area contributed by atoms with Gasteiger partial charge in [-0.2, -0.15) is 0 Å². The standard InChI is InChI=1S/C24H30N2O3.ClH.2H2O/c1-3-23(27)26(22-12-8-7-11-21(22)24(28)29-2)20-14-17-25(18-15-20)16-13-19-9-5-4-6-10-19;;;/h4-12,20H,3,13-18H2,1-2H3;1H;2*1H2. The number of piperidine rings is 1. The first-order chi connectivity index (χ1) is 14.1. The lowest BCUT2D eigenvalue weighted by atomic mass is 9.99. The maximum Gasteiger partial charge on any atom is 0.339 e. The Hall–Kier alpha value is -2.45. The molecule has 0 radical (unpaired) electrons. The first kappa shape index (κ1) is 29.5. The van der Waals surface area contributed by atoms with Crippen LogP contribution in [0.15, 0.2) is 54.6 Å². The van der Waals surface area contributed by atoms with Crippen molar-refractivity contribution in [2.24, 2.45) is 0 Å². The Kier molecular flexibility index (Phi) is 13.5. The van der Waals surface area contributed by atoms with Gasteiger partial charge in [0.05, 0.1) is 18.4 Å². The highest BCUT2D eigenvalue weighted by atomic mass is 35.5. The van der Waals surface area contributed by atoms with Gasteiger partial charge in [0.25, 0.3) is 0 Å². The lowest BCUT2D eigenvalue weighted by Gasteiger charge is -2.39. The van der Waals surface area contributed by atoms with Crippen molar-refractivity contribution >= 4 is 30.0 Å². The lowest BCUT2D eigenvalue weighted by molar-refractivity contribution is -0.119. The summed E-state index contributed by atoms with van der Waals surface area (Å²) in [6.07, 6.45) is 3.24. The molecule has 178 valence electrons. The quantitative estimate of drug-likeness (QED) is 0.583. The first-order valence-electron chi connectivity index (χ1n) is 10.4. The van der Waals surface area contributed by atoms with Crippen LogP contribution in [0, 0.1) is 0 Å². The monoisotopic (exact) mass is 466 g/mol. The van der Waals surface area contributed by atoms with Gasteiger partial charge in [0.1, 0.15) is 0 Å². The lowest BCUT2D eigenvalue weighted by Crippen LogP contribution is -2.48. The second-order valence-corrected chi connectivity index (χ2v) is 7.43. The van der Waals surface area contributed by atoms with Crippen molar-refractivity contribution in [3.05, 3.63) is 65.7 Å². The SMILES string of the molecule is CCC(=O)N(c1ccccc1C(=O)OC)C1CCN(CCc2ccccc2)CC1.Cl.O.O. The fourth-order valence-corrected chi connectivity index (χ4v) is 4.00. The van der Waals surface area contributed by atoms with Crippen LogP contribution in [0.4, 0.5) is 5.69 Å². The molecule has 0 bridgehead atoms. The van der Waals surface area contributed by atoms with Gasteiger partial charge in [-0.15, -0.1) is 12.4 Å². The molecule has 0 aromatic heterocycles. The van der Waals surface area contributed by atoms with Gasteiger partial charge in [-0.05, 0) is 37.0 Å². The fourth-order valence-electron chi connectivity index (χ4n) is 4.00. The number of methoxy groups -OCH3 is 1. The van der Waals surface area contributed by atoms with Gasteiger partial charge in [-0.3, -0.25) is 4.79 Å². The van der Waals surface area contributed by atoms with Crippen molar-refractivity contribution in [3.63, 3.8) is 0 Å². The molecule has 1 saturated heterocycles. The number of hydrogen-bond acceptors (Lipinski definition) is 4. The molecule has 7 nitrogen and oxygen atoms in total. The molecule has 0 spiro atoms. The average molecular weight is 467 g/mol. The Morgan fingerprint density at radius 1 is 1.00 bits per heavy atom. The summed E-state index contributed by atoms with van der Waals surface area (Å²) < 4.78 is 4.93. The van der Waals surface area contributed by atoms with Crippen molar-refractivity contribution in [1.82, 2.24) is 4.90 Å². The Bertz CT molecular complexity index is 826. The maximum absolute atomic E-state index is 12.8. The molecule has 1 aliphatic heterocycles. The molecule has 0 aliphatic carbocycles. The van der Waals surface area contributed by atoms with E-state index in [1.807, 2.05) is 30.0 Å². The molecule has 1 amide bonds. The zero-order valence-electron chi connectivity index (χ0n) is 18.8. The van der Waals surface area contributed by atoms with E-state index >= 15 is 0 Å². The maximum atomic E-state index is 12.8. The number of rotatable bonds is 7. The minimum Gasteiger partial charge on any atom is -0.465 e. The van der Waals surface area contributed by atoms with E-state index in [4.69, 9.17) is 4.74 Å². The number of carbonyl (C=O) groups excluding carboxylic acids is 2. The van der Waals surface area contributed by atoms with E-state index in [-0.39, 0.29) is 35.3 Å². The molecule has 0 saturated carbocycles. The number of anilines is 1. The smallest absolute Gasteiger partial charge is 0.339 e. The normalized spacial score (nSPS) is 13.7. The summed E-state index contributed by atoms with van der Waals surface area (Å²) in [5.41, 5.74) is 2.46. The largest absolute Gasteiger partial charge is 0.465 e. The second kappa shape index (κ2) is 14.6. The molecule has 2 aromatic carbocycles. The van der Waals surface area contributed by atoms with E-state index in [2.05, 4.69) is 29.2 Å². The van der Waals surface area contributed by atoms with Gasteiger partial charge in [-0.1, -0.05) is 49.4 Å². The fraction of sp³-hybridized carbons (Fsp3) is 0.417. The Morgan fingerprint density at radius 2 is 1.59 bits per heavy atom. The molecule has 3 rings (SSSR count). The second-order valence-electron chi connectivity index (χ2n) is 7.43. The summed E-state index contributed by atoms with van der Waals surface area (Å²) in [5, 5.41) is 0. The molecule has 0 atom stereocenters. The van der Waals surface area contributed by atoms with Gasteiger partial charge < -0.3 is 25.5 Å². The third kappa shape index (κ3) is 7.31. The van der Waals surface area contributed by atoms with E-state index in [1.54, 1.807) is 12.1 Å². The van der Waals surface area contributed by atoms with Crippen LogP contribution in [-0.4, -0.2) is 60.5 Å². The van der Waals surface area contributed by atoms with Gasteiger partial charge in [0.15, 0.2) is 0 Å². The molecule has 8 heteroatoms. The summed E-state index contributed by atoms with van der Waals surface area (Å²) in [5.74, 6) is -0.362. The van der Waals surface area contributed by atoms with Crippen molar-refractivity contribution in [2.45, 2.75) is 38.6 Å². The molecule has 4 N–H and O–H groups in total. The van der Waals surface area contributed by atoms with Gasteiger partial charge in [0, 0.05) is 32.1 Å². The first-order valence-corrected chi connectivity index (χ1v) is 10.4. The summed E-state index contributed by atoms with van der Waals surface area (Å²) in [7, 11) is 1.37. The number of carbonyl (C=O) groups is 2. The molecule has 1 fully saturated rings. The van der Waals surface area contributed by atoms with Gasteiger partial charge in [0.2, 0.25) is 5.91 Å². The summed E-state index contributed by atoms with van der Waals surface area (Å²) in [4.78, 5) is 29.4. The van der Waals surface area contributed by atoms with Crippen LogP contribution in [0.1, 0.15) is 42.1 Å². The van der Waals surface area contributed by atoms with Gasteiger partial charge in [-0.25, -0.2) is 4.79 Å². The molecule has 1 heterocycles. The molecule has 32 heavy (non-hydrogen) atoms. The number of nitrogens with zero attached hydrogens (tertiary/aromatic N) is 2. The predicted molar refractivity (Wildman–Crippen MR) is 130 cm³/mol. The van der Waals surface area contributed by atoms with Crippen LogP contribution in [0.2, 0.25) is 0 Å². The van der Waals surface area contributed by atoms with Crippen LogP contribution in [0.5, 0.6) is 0 Å². The predicted octanol–water partition coefficient (Wildman–Crippen LogP) is 2.70. The van der Waals surface area contributed by atoms with Gasteiger partial charge >= 0.3 is 5.97 Å². The summed E-state index contributed by atoms with van der Waals surface area (Å²) in [6, 6.07) is 17.9. The molecule has 1 aliphatic rings. The summed E-state index contributed by atoms with van der Waals surface area (Å²) in [6.45, 7) is 4.79. The number of para-hydroxylation sites is 1. The average Bonchev–Trinajstić information content (AvgIpc) is 2.79. The zero-order chi connectivity index (χ0) is 20.6. The number of hydrogen-bond donors (Lipinski definition) is 0. The molecule has 0 unspecified atom stereocenters. The van der Waals surface area contributed by atoms with Crippen LogP contribution in [-0.2, 0) is 16.0 Å². The minimum atomic E-state index is -0.408. The number of amides is 1. The van der Waals surface area contributed by atoms with Crippen LogP contribution in [0.25, 0.3) is 0 Å². The van der Waals surface area contributed by atoms with Crippen LogP contribution < -0.4 is 4.90 Å². The highest BCUT2D eigenvalue weighted by molar-refractivity contribution is 6.02. The number of ether oxygens (including phenoxy) is 1. The van der Waals surface area contributed by atoms with E-state index in [0.717, 1.165) is 38.9 Å². The number of halogens is 1. The molecule has 2 aromatic rings. The van der Waals surface area contributed by atoms with Crippen molar-refractivity contribution in [3.8, 4) is 0 Å². The number of benzene rings is 2. The van der Waals surface area contributed by atoms with Crippen LogP contribution in [0.3, 0.4) is 0 Å². The topological polar surface area (TPSA) is 113 Å². The van der Waals surface area contributed by atoms with Crippen molar-refractivity contribution < 1.29 is 25.3 Å². The van der Waals surface area contributed by atoms with E-state index in [1.165, 1.54) is 12.7 Å². The third-order valence-electron chi connectivity index (χ3n) is 5.62. The summed E-state index contributed by atoms with van der Waals surface area (Å²) >= 11 is 0.